The van der Waals surface area contributed by atoms with Gasteiger partial charge in [0.05, 0.1) is 6.61 Å². The molecule has 2 rings (SSSR count). The molecule has 0 saturated carbocycles. The molecule has 3 heteroatoms. The molecular formula is C17H26ClNO. The van der Waals surface area contributed by atoms with Gasteiger partial charge in [-0.1, -0.05) is 37.6 Å². The van der Waals surface area contributed by atoms with Crippen LogP contribution in [-0.4, -0.2) is 35.2 Å². The van der Waals surface area contributed by atoms with Crippen molar-refractivity contribution in [3.8, 4) is 0 Å². The maximum Gasteiger partial charge on any atom is 0.0586 e. The molecule has 1 N–H and O–H groups in total. The zero-order valence-electron chi connectivity index (χ0n) is 12.8. The summed E-state index contributed by atoms with van der Waals surface area (Å²) in [5, 5.41) is 10.3. The summed E-state index contributed by atoms with van der Waals surface area (Å²) in [4.78, 5) is 2.47. The van der Waals surface area contributed by atoms with Gasteiger partial charge in [0.1, 0.15) is 0 Å². The number of rotatable bonds is 5. The molecule has 0 radical (unpaired) electrons. The van der Waals surface area contributed by atoms with E-state index in [4.69, 9.17) is 11.6 Å². The van der Waals surface area contributed by atoms with Gasteiger partial charge in [0.15, 0.2) is 0 Å². The number of nitrogens with zero attached hydrogens (tertiary/aromatic N) is 1. The average Bonchev–Trinajstić information content (AvgIpc) is 2.87. The zero-order chi connectivity index (χ0) is 14.8. The Bertz CT molecular complexity index is 429. The maximum atomic E-state index is 9.47. The quantitative estimate of drug-likeness (QED) is 0.892. The van der Waals surface area contributed by atoms with Crippen molar-refractivity contribution in [1.29, 1.82) is 0 Å². The van der Waals surface area contributed by atoms with E-state index in [1.807, 2.05) is 12.1 Å². The molecule has 1 aromatic rings. The SMILES string of the molecule is CC(CC(C)(C)c1ccc(Cl)cc1)N1CCC[C@H]1CO. The van der Waals surface area contributed by atoms with Gasteiger partial charge in [-0.05, 0) is 55.8 Å². The van der Waals surface area contributed by atoms with E-state index in [2.05, 4.69) is 37.8 Å². The monoisotopic (exact) mass is 295 g/mol. The number of halogens is 1. The molecule has 20 heavy (non-hydrogen) atoms. The van der Waals surface area contributed by atoms with Crippen molar-refractivity contribution in [2.24, 2.45) is 0 Å². The van der Waals surface area contributed by atoms with Crippen molar-refractivity contribution in [1.82, 2.24) is 4.90 Å². The summed E-state index contributed by atoms with van der Waals surface area (Å²) in [5.74, 6) is 0. The van der Waals surface area contributed by atoms with E-state index in [1.54, 1.807) is 0 Å². The van der Waals surface area contributed by atoms with E-state index in [9.17, 15) is 5.11 Å². The van der Waals surface area contributed by atoms with Crippen molar-refractivity contribution in [3.05, 3.63) is 34.9 Å². The molecule has 2 nitrogen and oxygen atoms in total. The highest BCUT2D eigenvalue weighted by molar-refractivity contribution is 6.30. The first-order valence-corrected chi connectivity index (χ1v) is 7.94. The molecule has 1 saturated heterocycles. The number of aliphatic hydroxyl groups excluding tert-OH is 1. The lowest BCUT2D eigenvalue weighted by atomic mass is 9.79. The van der Waals surface area contributed by atoms with Crippen molar-refractivity contribution in [2.75, 3.05) is 13.2 Å². The topological polar surface area (TPSA) is 23.5 Å². The first kappa shape index (κ1) is 15.8. The zero-order valence-corrected chi connectivity index (χ0v) is 13.5. The van der Waals surface area contributed by atoms with Gasteiger partial charge in [-0.15, -0.1) is 0 Å². The molecule has 1 aromatic carbocycles. The van der Waals surface area contributed by atoms with Crippen LogP contribution in [0.1, 0.15) is 45.6 Å². The Labute approximate surface area is 127 Å². The summed E-state index contributed by atoms with van der Waals surface area (Å²) in [7, 11) is 0. The standard InChI is InChI=1S/C17H26ClNO/c1-13(19-10-4-5-16(19)12-20)11-17(2,3)14-6-8-15(18)9-7-14/h6-9,13,16,20H,4-5,10-12H2,1-3H3/t13?,16-/m0/s1. The third-order valence-corrected chi connectivity index (χ3v) is 4.88. The van der Waals surface area contributed by atoms with Crippen LogP contribution in [0.25, 0.3) is 0 Å². The number of hydrogen-bond acceptors (Lipinski definition) is 2. The van der Waals surface area contributed by atoms with Gasteiger partial charge < -0.3 is 5.11 Å². The Morgan fingerprint density at radius 3 is 2.60 bits per heavy atom. The smallest absolute Gasteiger partial charge is 0.0586 e. The fraction of sp³-hybridized carbons (Fsp3) is 0.647. The molecule has 0 aliphatic carbocycles. The second kappa shape index (κ2) is 6.46. The minimum atomic E-state index is 0.118. The highest BCUT2D eigenvalue weighted by Gasteiger charge is 2.32. The molecule has 2 atom stereocenters. The van der Waals surface area contributed by atoms with Crippen LogP contribution in [0, 0.1) is 0 Å². The fourth-order valence-electron chi connectivity index (χ4n) is 3.51. The van der Waals surface area contributed by atoms with Crippen LogP contribution in [0.4, 0.5) is 0 Å². The lowest BCUT2D eigenvalue weighted by Gasteiger charge is -2.36. The van der Waals surface area contributed by atoms with Gasteiger partial charge in [0.25, 0.3) is 0 Å². The molecule has 1 heterocycles. The average molecular weight is 296 g/mol. The van der Waals surface area contributed by atoms with Gasteiger partial charge >= 0.3 is 0 Å². The van der Waals surface area contributed by atoms with E-state index in [0.717, 1.165) is 24.4 Å². The van der Waals surface area contributed by atoms with Crippen LogP contribution in [-0.2, 0) is 5.41 Å². The minimum absolute atomic E-state index is 0.118. The third-order valence-electron chi connectivity index (χ3n) is 4.63. The predicted molar refractivity (Wildman–Crippen MR) is 85.4 cm³/mol. The van der Waals surface area contributed by atoms with E-state index in [1.165, 1.54) is 12.0 Å². The second-order valence-corrected chi connectivity index (χ2v) is 7.10. The lowest BCUT2D eigenvalue weighted by Crippen LogP contribution is -2.42. The molecule has 1 unspecified atom stereocenters. The van der Waals surface area contributed by atoms with Gasteiger partial charge in [-0.2, -0.15) is 0 Å². The van der Waals surface area contributed by atoms with Gasteiger partial charge in [0, 0.05) is 17.1 Å². The first-order valence-electron chi connectivity index (χ1n) is 7.56. The highest BCUT2D eigenvalue weighted by Crippen LogP contribution is 2.32. The number of benzene rings is 1. The second-order valence-electron chi connectivity index (χ2n) is 6.66. The summed E-state index contributed by atoms with van der Waals surface area (Å²) in [6.45, 7) is 8.26. The predicted octanol–water partition coefficient (Wildman–Crippen LogP) is 3.85. The first-order chi connectivity index (χ1) is 9.44. The summed E-state index contributed by atoms with van der Waals surface area (Å²) in [5.41, 5.74) is 1.44. The van der Waals surface area contributed by atoms with Crippen molar-refractivity contribution >= 4 is 11.6 Å². The van der Waals surface area contributed by atoms with Crippen LogP contribution >= 0.6 is 11.6 Å². The lowest BCUT2D eigenvalue weighted by molar-refractivity contribution is 0.111. The van der Waals surface area contributed by atoms with E-state index in [-0.39, 0.29) is 12.0 Å². The van der Waals surface area contributed by atoms with Crippen molar-refractivity contribution < 1.29 is 5.11 Å². The van der Waals surface area contributed by atoms with Crippen molar-refractivity contribution in [2.45, 2.75) is 57.5 Å². The maximum absolute atomic E-state index is 9.47. The van der Waals surface area contributed by atoms with E-state index in [0.29, 0.717) is 12.1 Å². The van der Waals surface area contributed by atoms with Crippen LogP contribution in [0.5, 0.6) is 0 Å². The number of hydrogen-bond donors (Lipinski definition) is 1. The van der Waals surface area contributed by atoms with Gasteiger partial charge in [-0.25, -0.2) is 0 Å². The molecule has 0 aromatic heterocycles. The summed E-state index contributed by atoms with van der Waals surface area (Å²) in [6.07, 6.45) is 3.42. The van der Waals surface area contributed by atoms with Gasteiger partial charge in [0.2, 0.25) is 0 Å². The van der Waals surface area contributed by atoms with Crippen molar-refractivity contribution in [3.63, 3.8) is 0 Å². The molecular weight excluding hydrogens is 270 g/mol. The normalized spacial score (nSPS) is 22.1. The van der Waals surface area contributed by atoms with E-state index >= 15 is 0 Å². The van der Waals surface area contributed by atoms with Crippen LogP contribution < -0.4 is 0 Å². The number of likely N-dealkylation sites (tertiary alicyclic amines) is 1. The third kappa shape index (κ3) is 3.55. The summed E-state index contributed by atoms with van der Waals surface area (Å²) >= 11 is 5.97. The number of aliphatic hydroxyl groups is 1. The Hall–Kier alpha value is -0.570. The Morgan fingerprint density at radius 1 is 1.35 bits per heavy atom. The molecule has 0 bridgehead atoms. The van der Waals surface area contributed by atoms with Crippen LogP contribution in [0.3, 0.4) is 0 Å². The Balaban J connectivity index is 2.05. The molecule has 112 valence electrons. The largest absolute Gasteiger partial charge is 0.395 e. The van der Waals surface area contributed by atoms with Gasteiger partial charge in [-0.3, -0.25) is 4.90 Å². The van der Waals surface area contributed by atoms with Crippen LogP contribution in [0.2, 0.25) is 5.02 Å². The minimum Gasteiger partial charge on any atom is -0.395 e. The Kier molecular flexibility index (Phi) is 5.11. The molecule has 0 amide bonds. The van der Waals surface area contributed by atoms with E-state index < -0.39 is 0 Å². The molecule has 0 spiro atoms. The Morgan fingerprint density at radius 2 is 2.00 bits per heavy atom. The fourth-order valence-corrected chi connectivity index (χ4v) is 3.64. The molecule has 1 fully saturated rings. The van der Waals surface area contributed by atoms with Crippen LogP contribution in [0.15, 0.2) is 24.3 Å². The highest BCUT2D eigenvalue weighted by atomic mass is 35.5. The molecule has 1 aliphatic rings. The molecule has 1 aliphatic heterocycles. The summed E-state index contributed by atoms with van der Waals surface area (Å²) < 4.78 is 0. The summed E-state index contributed by atoms with van der Waals surface area (Å²) in [6, 6.07) is 9.03.